The third-order valence-electron chi connectivity index (χ3n) is 3.02. The minimum atomic E-state index is -0.609. The van der Waals surface area contributed by atoms with Crippen molar-refractivity contribution < 1.29 is 9.50 Å². The Morgan fingerprint density at radius 3 is 2.89 bits per heavy atom. The van der Waals surface area contributed by atoms with Crippen molar-refractivity contribution in [3.05, 3.63) is 29.6 Å². The van der Waals surface area contributed by atoms with Gasteiger partial charge in [-0.25, -0.2) is 4.39 Å². The van der Waals surface area contributed by atoms with Gasteiger partial charge in [0.15, 0.2) is 17.5 Å². The van der Waals surface area contributed by atoms with Crippen LogP contribution in [0.15, 0.2) is 23.2 Å². The Labute approximate surface area is 106 Å². The van der Waals surface area contributed by atoms with Crippen LogP contribution in [0.5, 0.6) is 5.75 Å². The Kier molecular flexibility index (Phi) is 3.41. The molecule has 0 bridgehead atoms. The second-order valence-electron chi connectivity index (χ2n) is 4.97. The fraction of sp³-hybridized carbons (Fsp3) is 0.462. The summed E-state index contributed by atoms with van der Waals surface area (Å²) in [7, 11) is 0. The van der Waals surface area contributed by atoms with Crippen molar-refractivity contribution in [1.29, 1.82) is 0 Å². The lowest BCUT2D eigenvalue weighted by molar-refractivity contribution is 0.308. The summed E-state index contributed by atoms with van der Waals surface area (Å²) in [4.78, 5) is 6.20. The lowest BCUT2D eigenvalue weighted by atomic mass is 10.0. The number of phenolic OH excluding ortho intramolecular Hbond substituents is 1. The van der Waals surface area contributed by atoms with Crippen LogP contribution >= 0.6 is 0 Å². The molecule has 2 rings (SSSR count). The summed E-state index contributed by atoms with van der Waals surface area (Å²) in [6.07, 6.45) is 0. The average molecular weight is 251 g/mol. The van der Waals surface area contributed by atoms with Gasteiger partial charge < -0.3 is 15.7 Å². The molecule has 1 atom stereocenters. The van der Waals surface area contributed by atoms with E-state index in [1.807, 2.05) is 4.90 Å². The van der Waals surface area contributed by atoms with E-state index in [1.54, 1.807) is 6.07 Å². The Morgan fingerprint density at radius 2 is 2.28 bits per heavy atom. The van der Waals surface area contributed by atoms with Gasteiger partial charge >= 0.3 is 0 Å². The molecule has 1 aromatic rings. The maximum atomic E-state index is 13.4. The largest absolute Gasteiger partial charge is 0.505 e. The number of hydrogen-bond acceptors (Lipinski definition) is 4. The summed E-state index contributed by atoms with van der Waals surface area (Å²) < 4.78 is 13.4. The van der Waals surface area contributed by atoms with Crippen LogP contribution in [0.2, 0.25) is 0 Å². The van der Waals surface area contributed by atoms with Crippen molar-refractivity contribution in [2.45, 2.75) is 19.9 Å². The topological polar surface area (TPSA) is 61.8 Å². The Bertz CT molecular complexity index is 473. The van der Waals surface area contributed by atoms with Gasteiger partial charge in [0, 0.05) is 6.54 Å². The number of benzene rings is 1. The third kappa shape index (κ3) is 2.39. The van der Waals surface area contributed by atoms with Crippen LogP contribution in [0.1, 0.15) is 25.5 Å². The van der Waals surface area contributed by atoms with Crippen LogP contribution in [-0.2, 0) is 0 Å². The number of guanidine groups is 1. The van der Waals surface area contributed by atoms with Crippen LogP contribution < -0.4 is 5.73 Å². The summed E-state index contributed by atoms with van der Waals surface area (Å²) in [6.45, 7) is 5.51. The fourth-order valence-electron chi connectivity index (χ4n) is 2.16. The van der Waals surface area contributed by atoms with Crippen molar-refractivity contribution >= 4 is 5.96 Å². The van der Waals surface area contributed by atoms with Gasteiger partial charge in [-0.2, -0.15) is 0 Å². The van der Waals surface area contributed by atoms with Crippen molar-refractivity contribution in [3.63, 3.8) is 0 Å². The highest BCUT2D eigenvalue weighted by atomic mass is 19.1. The van der Waals surface area contributed by atoms with Gasteiger partial charge in [-0.05, 0) is 23.6 Å². The SMILES string of the molecule is CC(C)CN1C(N)=NCC1c1ccc(O)c(F)c1. The molecule has 0 spiro atoms. The van der Waals surface area contributed by atoms with Crippen LogP contribution in [0.4, 0.5) is 4.39 Å². The first-order valence-corrected chi connectivity index (χ1v) is 6.04. The van der Waals surface area contributed by atoms with Crippen LogP contribution in [0.25, 0.3) is 0 Å². The molecule has 5 heteroatoms. The van der Waals surface area contributed by atoms with Crippen LogP contribution in [0, 0.1) is 11.7 Å². The van der Waals surface area contributed by atoms with Crippen molar-refractivity contribution in [2.24, 2.45) is 16.6 Å². The molecule has 1 aliphatic rings. The summed E-state index contributed by atoms with van der Waals surface area (Å²) in [6, 6.07) is 4.39. The standard InChI is InChI=1S/C13H18FN3O/c1-8(2)7-17-11(6-16-13(17)15)9-3-4-12(18)10(14)5-9/h3-5,8,11,18H,6-7H2,1-2H3,(H2,15,16). The van der Waals surface area contributed by atoms with E-state index >= 15 is 0 Å². The van der Waals surface area contributed by atoms with Crippen molar-refractivity contribution in [2.75, 3.05) is 13.1 Å². The average Bonchev–Trinajstić information content (AvgIpc) is 2.64. The molecule has 0 aromatic heterocycles. The van der Waals surface area contributed by atoms with Gasteiger partial charge in [-0.1, -0.05) is 19.9 Å². The lowest BCUT2D eigenvalue weighted by Gasteiger charge is -2.28. The van der Waals surface area contributed by atoms with Gasteiger partial charge in [0.1, 0.15) is 0 Å². The molecule has 0 saturated heterocycles. The monoisotopic (exact) mass is 251 g/mol. The predicted molar refractivity (Wildman–Crippen MR) is 68.8 cm³/mol. The number of aromatic hydroxyl groups is 1. The molecular formula is C13H18FN3O. The second kappa shape index (κ2) is 4.84. The lowest BCUT2D eigenvalue weighted by Crippen LogP contribution is -2.38. The number of nitrogens with zero attached hydrogens (tertiary/aromatic N) is 2. The molecule has 4 nitrogen and oxygen atoms in total. The second-order valence-corrected chi connectivity index (χ2v) is 4.97. The molecule has 1 heterocycles. The Balaban J connectivity index is 2.24. The molecule has 3 N–H and O–H groups in total. The zero-order valence-electron chi connectivity index (χ0n) is 10.6. The number of rotatable bonds is 3. The van der Waals surface area contributed by atoms with E-state index in [4.69, 9.17) is 5.73 Å². The maximum absolute atomic E-state index is 13.4. The molecule has 1 aromatic carbocycles. The molecule has 0 radical (unpaired) electrons. The summed E-state index contributed by atoms with van der Waals surface area (Å²) in [5.41, 5.74) is 6.64. The van der Waals surface area contributed by atoms with Crippen molar-refractivity contribution in [1.82, 2.24) is 4.90 Å². The van der Waals surface area contributed by atoms with E-state index in [0.717, 1.165) is 12.1 Å². The first-order valence-electron chi connectivity index (χ1n) is 6.04. The molecule has 0 saturated carbocycles. The number of halogens is 1. The Hall–Kier alpha value is -1.78. The van der Waals surface area contributed by atoms with E-state index in [1.165, 1.54) is 12.1 Å². The van der Waals surface area contributed by atoms with E-state index < -0.39 is 5.82 Å². The van der Waals surface area contributed by atoms with Gasteiger partial charge in [0.2, 0.25) is 0 Å². The molecule has 0 aliphatic carbocycles. The third-order valence-corrected chi connectivity index (χ3v) is 3.02. The van der Waals surface area contributed by atoms with Crippen molar-refractivity contribution in [3.8, 4) is 5.75 Å². The van der Waals surface area contributed by atoms with E-state index in [9.17, 15) is 9.50 Å². The molecule has 1 unspecified atom stereocenters. The highest BCUT2D eigenvalue weighted by molar-refractivity contribution is 5.80. The highest BCUT2D eigenvalue weighted by Crippen LogP contribution is 2.28. The summed E-state index contributed by atoms with van der Waals surface area (Å²) >= 11 is 0. The first kappa shape index (κ1) is 12.7. The molecule has 98 valence electrons. The number of nitrogens with two attached hydrogens (primary N) is 1. The quantitative estimate of drug-likeness (QED) is 0.862. The van der Waals surface area contributed by atoms with E-state index in [2.05, 4.69) is 18.8 Å². The van der Waals surface area contributed by atoms with Gasteiger partial charge in [-0.3, -0.25) is 4.99 Å². The smallest absolute Gasteiger partial charge is 0.191 e. The number of aliphatic imine (C=N–C) groups is 1. The van der Waals surface area contributed by atoms with E-state index in [0.29, 0.717) is 18.4 Å². The molecule has 18 heavy (non-hydrogen) atoms. The number of hydrogen-bond donors (Lipinski definition) is 2. The fourth-order valence-corrected chi connectivity index (χ4v) is 2.16. The first-order chi connectivity index (χ1) is 8.49. The molecular weight excluding hydrogens is 233 g/mol. The molecule has 0 amide bonds. The van der Waals surface area contributed by atoms with Crippen LogP contribution in [-0.4, -0.2) is 29.1 Å². The minimum absolute atomic E-state index is 0.0394. The maximum Gasteiger partial charge on any atom is 0.191 e. The zero-order chi connectivity index (χ0) is 13.3. The molecule has 0 fully saturated rings. The predicted octanol–water partition coefficient (Wildman–Crippen LogP) is 1.86. The van der Waals surface area contributed by atoms with Crippen LogP contribution in [0.3, 0.4) is 0 Å². The van der Waals surface area contributed by atoms with E-state index in [-0.39, 0.29) is 11.8 Å². The normalized spacial score (nSPS) is 19.4. The highest BCUT2D eigenvalue weighted by Gasteiger charge is 2.28. The summed E-state index contributed by atoms with van der Waals surface area (Å²) in [5, 5.41) is 9.21. The van der Waals surface area contributed by atoms with Gasteiger partial charge in [-0.15, -0.1) is 0 Å². The Morgan fingerprint density at radius 1 is 1.56 bits per heavy atom. The molecule has 1 aliphatic heterocycles. The summed E-state index contributed by atoms with van der Waals surface area (Å²) in [5.74, 6) is 0.00649. The number of phenols is 1. The zero-order valence-corrected chi connectivity index (χ0v) is 10.6. The minimum Gasteiger partial charge on any atom is -0.505 e. The van der Waals surface area contributed by atoms with Gasteiger partial charge in [0.25, 0.3) is 0 Å². The van der Waals surface area contributed by atoms with Gasteiger partial charge in [0.05, 0.1) is 12.6 Å².